The van der Waals surface area contributed by atoms with Crippen molar-refractivity contribution < 1.29 is 4.79 Å². The third kappa shape index (κ3) is 2.48. The third-order valence-electron chi connectivity index (χ3n) is 2.66. The fourth-order valence-corrected chi connectivity index (χ4v) is 2.54. The molecule has 0 unspecified atom stereocenters. The van der Waals surface area contributed by atoms with Gasteiger partial charge in [0.25, 0.3) is 5.91 Å². The number of aryl methyl sites for hydroxylation is 1. The number of nitrogens with one attached hydrogen (secondary N) is 1. The molecule has 0 spiro atoms. The molecule has 1 amide bonds. The van der Waals surface area contributed by atoms with Crippen molar-refractivity contribution >= 4 is 22.2 Å². The highest BCUT2D eigenvalue weighted by atomic mass is 32.1. The van der Waals surface area contributed by atoms with Crippen molar-refractivity contribution in [2.45, 2.75) is 13.5 Å². The van der Waals surface area contributed by atoms with Crippen LogP contribution in [0.4, 0.5) is 0 Å². The van der Waals surface area contributed by atoms with Gasteiger partial charge in [-0.2, -0.15) is 5.10 Å². The molecule has 0 saturated heterocycles. The minimum atomic E-state index is -0.0962. The lowest BCUT2D eigenvalue weighted by Crippen LogP contribution is -2.22. The summed E-state index contributed by atoms with van der Waals surface area (Å²) in [5.41, 5.74) is 1.46. The van der Waals surface area contributed by atoms with Gasteiger partial charge in [-0.15, -0.1) is 0 Å². The Morgan fingerprint density at radius 3 is 2.89 bits per heavy atom. The molecule has 5 nitrogen and oxygen atoms in total. The molecule has 3 aromatic rings. The van der Waals surface area contributed by atoms with Gasteiger partial charge in [0.1, 0.15) is 5.01 Å². The molecule has 0 radical (unpaired) electrons. The minimum absolute atomic E-state index is 0.0962. The second kappa shape index (κ2) is 4.81. The molecule has 96 valence electrons. The van der Waals surface area contributed by atoms with Crippen LogP contribution >= 0.6 is 11.3 Å². The lowest BCUT2D eigenvalue weighted by atomic mass is 10.2. The number of imidazole rings is 1. The van der Waals surface area contributed by atoms with E-state index in [1.165, 1.54) is 11.3 Å². The fraction of sp³-hybridized carbons (Fsp3) is 0.154. The summed E-state index contributed by atoms with van der Waals surface area (Å²) in [4.78, 5) is 17.1. The van der Waals surface area contributed by atoms with Crippen LogP contribution in [0.15, 0.2) is 36.5 Å². The maximum atomic E-state index is 11.9. The van der Waals surface area contributed by atoms with Crippen molar-refractivity contribution in [3.05, 3.63) is 52.8 Å². The largest absolute Gasteiger partial charge is 0.346 e. The molecule has 0 aliphatic heterocycles. The minimum Gasteiger partial charge on any atom is -0.346 e. The number of fused-ring (bicyclic) bond motifs is 1. The maximum absolute atomic E-state index is 11.9. The van der Waals surface area contributed by atoms with Crippen LogP contribution in [0.25, 0.3) is 4.96 Å². The summed E-state index contributed by atoms with van der Waals surface area (Å²) >= 11 is 1.53. The average molecular weight is 272 g/mol. The van der Waals surface area contributed by atoms with E-state index in [-0.39, 0.29) is 5.91 Å². The Hall–Kier alpha value is -2.21. The zero-order valence-electron chi connectivity index (χ0n) is 10.3. The Kier molecular flexibility index (Phi) is 3.00. The highest BCUT2D eigenvalue weighted by Gasteiger charge is 2.08. The van der Waals surface area contributed by atoms with Crippen LogP contribution in [0.3, 0.4) is 0 Å². The number of aromatic nitrogens is 3. The molecule has 3 rings (SSSR count). The molecule has 0 aliphatic carbocycles. The fourth-order valence-electron chi connectivity index (χ4n) is 1.79. The van der Waals surface area contributed by atoms with Crippen molar-refractivity contribution in [2.24, 2.45) is 0 Å². The predicted octanol–water partition coefficient (Wildman–Crippen LogP) is 2.03. The molecule has 1 aromatic carbocycles. The Morgan fingerprint density at radius 1 is 1.37 bits per heavy atom. The van der Waals surface area contributed by atoms with Crippen LogP contribution < -0.4 is 5.32 Å². The van der Waals surface area contributed by atoms with Crippen molar-refractivity contribution in [3.8, 4) is 0 Å². The van der Waals surface area contributed by atoms with Gasteiger partial charge in [-0.1, -0.05) is 29.5 Å². The molecule has 1 N–H and O–H groups in total. The number of amides is 1. The Labute approximate surface area is 113 Å². The van der Waals surface area contributed by atoms with E-state index in [0.717, 1.165) is 15.7 Å². The van der Waals surface area contributed by atoms with E-state index in [0.29, 0.717) is 12.1 Å². The van der Waals surface area contributed by atoms with Crippen LogP contribution in [-0.4, -0.2) is 20.5 Å². The quantitative estimate of drug-likeness (QED) is 0.793. The van der Waals surface area contributed by atoms with Crippen molar-refractivity contribution in [3.63, 3.8) is 0 Å². The first-order valence-corrected chi connectivity index (χ1v) is 6.69. The molecule has 0 aliphatic rings. The molecule has 0 atom stereocenters. The van der Waals surface area contributed by atoms with E-state index < -0.39 is 0 Å². The molecule has 19 heavy (non-hydrogen) atoms. The zero-order valence-corrected chi connectivity index (χ0v) is 11.1. The lowest BCUT2D eigenvalue weighted by molar-refractivity contribution is 0.0950. The number of carbonyl (C=O) groups is 1. The number of hydrogen-bond donors (Lipinski definition) is 1. The standard InChI is InChI=1S/C13H12N4OS/c1-9-16-17-8-11(15-13(17)19-9)7-14-12(18)10-5-3-2-4-6-10/h2-6,8H,7H2,1H3,(H,14,18). The van der Waals surface area contributed by atoms with Gasteiger partial charge in [0.05, 0.1) is 18.4 Å². The van der Waals surface area contributed by atoms with Crippen LogP contribution in [0, 0.1) is 6.92 Å². The zero-order chi connectivity index (χ0) is 13.2. The van der Waals surface area contributed by atoms with Gasteiger partial charge >= 0.3 is 0 Å². The van der Waals surface area contributed by atoms with E-state index in [2.05, 4.69) is 15.4 Å². The summed E-state index contributed by atoms with van der Waals surface area (Å²) in [6.07, 6.45) is 1.84. The first-order chi connectivity index (χ1) is 9.22. The molecule has 0 saturated carbocycles. The Bertz CT molecular complexity index is 685. The molecular weight excluding hydrogens is 260 g/mol. The number of hydrogen-bond acceptors (Lipinski definition) is 4. The maximum Gasteiger partial charge on any atom is 0.251 e. The van der Waals surface area contributed by atoms with E-state index in [4.69, 9.17) is 0 Å². The monoisotopic (exact) mass is 272 g/mol. The second-order valence-electron chi connectivity index (χ2n) is 4.13. The Morgan fingerprint density at radius 2 is 2.16 bits per heavy atom. The van der Waals surface area contributed by atoms with Gasteiger partial charge in [-0.25, -0.2) is 9.50 Å². The lowest BCUT2D eigenvalue weighted by Gasteiger charge is -2.02. The summed E-state index contributed by atoms with van der Waals surface area (Å²) in [6, 6.07) is 9.13. The molecule has 0 bridgehead atoms. The van der Waals surface area contributed by atoms with Crippen LogP contribution in [0.2, 0.25) is 0 Å². The van der Waals surface area contributed by atoms with Crippen LogP contribution in [0.5, 0.6) is 0 Å². The first-order valence-electron chi connectivity index (χ1n) is 5.87. The van der Waals surface area contributed by atoms with Crippen molar-refractivity contribution in [1.82, 2.24) is 19.9 Å². The topological polar surface area (TPSA) is 59.3 Å². The number of nitrogens with zero attached hydrogens (tertiary/aromatic N) is 3. The van der Waals surface area contributed by atoms with E-state index in [1.807, 2.05) is 31.3 Å². The average Bonchev–Trinajstić information content (AvgIpc) is 2.93. The summed E-state index contributed by atoms with van der Waals surface area (Å²) in [5.74, 6) is -0.0962. The van der Waals surface area contributed by atoms with Gasteiger partial charge in [0.15, 0.2) is 0 Å². The highest BCUT2D eigenvalue weighted by Crippen LogP contribution is 2.13. The van der Waals surface area contributed by atoms with Crippen LogP contribution in [-0.2, 0) is 6.54 Å². The van der Waals surface area contributed by atoms with E-state index >= 15 is 0 Å². The number of benzene rings is 1. The molecule has 0 fully saturated rings. The van der Waals surface area contributed by atoms with Crippen LogP contribution in [0.1, 0.15) is 21.1 Å². The summed E-state index contributed by atoms with van der Waals surface area (Å²) in [6.45, 7) is 2.35. The first kappa shape index (κ1) is 11.9. The molecule has 2 heterocycles. The third-order valence-corrected chi connectivity index (χ3v) is 3.50. The van der Waals surface area contributed by atoms with Gasteiger partial charge in [0.2, 0.25) is 4.96 Å². The molecule has 6 heteroatoms. The van der Waals surface area contributed by atoms with E-state index in [9.17, 15) is 4.79 Å². The SMILES string of the molecule is Cc1nn2cc(CNC(=O)c3ccccc3)nc2s1. The highest BCUT2D eigenvalue weighted by molar-refractivity contribution is 7.16. The van der Waals surface area contributed by atoms with Gasteiger partial charge in [0, 0.05) is 5.56 Å². The second-order valence-corrected chi connectivity index (χ2v) is 5.29. The normalized spacial score (nSPS) is 10.8. The molecule has 2 aromatic heterocycles. The summed E-state index contributed by atoms with van der Waals surface area (Å²) < 4.78 is 1.74. The van der Waals surface area contributed by atoms with Crippen molar-refractivity contribution in [1.29, 1.82) is 0 Å². The van der Waals surface area contributed by atoms with Gasteiger partial charge < -0.3 is 5.32 Å². The summed E-state index contributed by atoms with van der Waals surface area (Å²) in [5, 5.41) is 8.10. The Balaban J connectivity index is 1.69. The number of rotatable bonds is 3. The van der Waals surface area contributed by atoms with E-state index in [1.54, 1.807) is 16.6 Å². The van der Waals surface area contributed by atoms with Crippen molar-refractivity contribution in [2.75, 3.05) is 0 Å². The summed E-state index contributed by atoms with van der Waals surface area (Å²) in [7, 11) is 0. The van der Waals surface area contributed by atoms with Gasteiger partial charge in [-0.3, -0.25) is 4.79 Å². The molecular formula is C13H12N4OS. The smallest absolute Gasteiger partial charge is 0.251 e. The number of carbonyl (C=O) groups excluding carboxylic acids is 1. The predicted molar refractivity (Wildman–Crippen MR) is 73.2 cm³/mol. The van der Waals surface area contributed by atoms with Gasteiger partial charge in [-0.05, 0) is 19.1 Å².